The lowest BCUT2D eigenvalue weighted by Crippen LogP contribution is -2.06. The number of hydrogen-bond acceptors (Lipinski definition) is 3. The van der Waals surface area contributed by atoms with E-state index in [0.29, 0.717) is 23.5 Å². The normalized spacial score (nSPS) is 11.1. The minimum atomic E-state index is -3.02. The van der Waals surface area contributed by atoms with Crippen LogP contribution in [0.2, 0.25) is 0 Å². The summed E-state index contributed by atoms with van der Waals surface area (Å²) in [5, 5.41) is 0. The van der Waals surface area contributed by atoms with Gasteiger partial charge in [-0.2, -0.15) is 0 Å². The fraction of sp³-hybridized carbons (Fsp3) is 0.286. The van der Waals surface area contributed by atoms with Crippen molar-refractivity contribution in [1.29, 1.82) is 0 Å². The van der Waals surface area contributed by atoms with Gasteiger partial charge in [0.1, 0.15) is 11.5 Å². The third-order valence-electron chi connectivity index (χ3n) is 3.94. The SMILES string of the molecule is CCCCCCOc1ccc(/C(=C/C(=O)c2ccccc2)OB(F)F)cc1. The zero-order chi connectivity index (χ0) is 19.5. The van der Waals surface area contributed by atoms with Crippen LogP contribution in [0.15, 0.2) is 60.7 Å². The Balaban J connectivity index is 2.07. The van der Waals surface area contributed by atoms with Crippen molar-refractivity contribution >= 4 is 19.0 Å². The molecule has 0 amide bonds. The van der Waals surface area contributed by atoms with Gasteiger partial charge in [0, 0.05) is 17.2 Å². The molecular weight excluding hydrogens is 349 g/mol. The van der Waals surface area contributed by atoms with Crippen LogP contribution in [0, 0.1) is 0 Å². The molecule has 142 valence electrons. The van der Waals surface area contributed by atoms with Gasteiger partial charge in [-0.05, 0) is 30.7 Å². The highest BCUT2D eigenvalue weighted by Gasteiger charge is 2.21. The largest absolute Gasteiger partial charge is 0.796 e. The van der Waals surface area contributed by atoms with Crippen LogP contribution in [0.3, 0.4) is 0 Å². The molecule has 0 radical (unpaired) electrons. The number of carbonyl (C=O) groups excluding carboxylic acids is 1. The maximum Gasteiger partial charge on any atom is 0.796 e. The molecule has 0 aliphatic carbocycles. The molecule has 0 aliphatic heterocycles. The molecule has 2 aromatic rings. The summed E-state index contributed by atoms with van der Waals surface area (Å²) in [5.74, 6) is 0.0804. The van der Waals surface area contributed by atoms with Crippen molar-refractivity contribution in [3.63, 3.8) is 0 Å². The number of ether oxygens (including phenoxy) is 1. The summed E-state index contributed by atoms with van der Waals surface area (Å²) in [7, 11) is -3.02. The first-order chi connectivity index (χ1) is 13.1. The van der Waals surface area contributed by atoms with Crippen LogP contribution in [-0.2, 0) is 4.65 Å². The average molecular weight is 372 g/mol. The maximum absolute atomic E-state index is 12.8. The number of halogens is 2. The standard InChI is InChI=1S/C21H23BF2O3/c1-2-3-4-8-15-26-19-13-11-18(12-14-19)21(27-22(23)24)16-20(25)17-9-6-5-7-10-17/h5-7,9-14,16H,2-4,8,15H2,1H3/b21-16-. The highest BCUT2D eigenvalue weighted by molar-refractivity contribution is 6.36. The van der Waals surface area contributed by atoms with E-state index in [4.69, 9.17) is 4.74 Å². The van der Waals surface area contributed by atoms with Crippen molar-refractivity contribution in [3.05, 3.63) is 71.8 Å². The van der Waals surface area contributed by atoms with E-state index in [-0.39, 0.29) is 5.76 Å². The van der Waals surface area contributed by atoms with Gasteiger partial charge >= 0.3 is 7.47 Å². The van der Waals surface area contributed by atoms with E-state index in [1.807, 2.05) is 0 Å². The molecule has 0 heterocycles. The van der Waals surface area contributed by atoms with Gasteiger partial charge in [-0.25, -0.2) is 8.63 Å². The van der Waals surface area contributed by atoms with Gasteiger partial charge in [-0.15, -0.1) is 0 Å². The number of ketones is 1. The molecule has 0 N–H and O–H groups in total. The van der Waals surface area contributed by atoms with Crippen molar-refractivity contribution < 1.29 is 22.8 Å². The summed E-state index contributed by atoms with van der Waals surface area (Å²) >= 11 is 0. The lowest BCUT2D eigenvalue weighted by molar-refractivity contribution is 0.104. The Kier molecular flexibility index (Phi) is 8.55. The molecule has 0 unspecified atom stereocenters. The lowest BCUT2D eigenvalue weighted by atomic mass is 10.1. The topological polar surface area (TPSA) is 35.5 Å². The summed E-state index contributed by atoms with van der Waals surface area (Å²) < 4.78 is 35.7. The average Bonchev–Trinajstić information content (AvgIpc) is 2.68. The number of unbranched alkanes of at least 4 members (excludes halogenated alkanes) is 3. The van der Waals surface area contributed by atoms with Crippen LogP contribution in [0.5, 0.6) is 5.75 Å². The summed E-state index contributed by atoms with van der Waals surface area (Å²) in [4.78, 5) is 12.3. The smallest absolute Gasteiger partial charge is 0.505 e. The number of carbonyl (C=O) groups is 1. The number of allylic oxidation sites excluding steroid dienone is 1. The molecule has 0 aliphatic rings. The van der Waals surface area contributed by atoms with E-state index in [1.165, 1.54) is 6.42 Å². The summed E-state index contributed by atoms with van der Waals surface area (Å²) in [6, 6.07) is 15.0. The predicted octanol–water partition coefficient (Wildman–Crippen LogP) is 5.81. The second kappa shape index (κ2) is 11.2. The fourth-order valence-corrected chi connectivity index (χ4v) is 2.52. The van der Waals surface area contributed by atoms with Crippen molar-refractivity contribution in [2.45, 2.75) is 32.6 Å². The Labute approximate surface area is 159 Å². The van der Waals surface area contributed by atoms with E-state index >= 15 is 0 Å². The molecule has 0 saturated heterocycles. The van der Waals surface area contributed by atoms with E-state index in [2.05, 4.69) is 11.6 Å². The van der Waals surface area contributed by atoms with Crippen LogP contribution < -0.4 is 4.74 Å². The predicted molar refractivity (Wildman–Crippen MR) is 104 cm³/mol. The van der Waals surface area contributed by atoms with Gasteiger partial charge in [-0.3, -0.25) is 4.79 Å². The first kappa shape index (κ1) is 20.7. The molecular formula is C21H23BF2O3. The first-order valence-corrected chi connectivity index (χ1v) is 9.09. The molecule has 27 heavy (non-hydrogen) atoms. The van der Waals surface area contributed by atoms with Crippen LogP contribution in [-0.4, -0.2) is 19.9 Å². The quantitative estimate of drug-likeness (QED) is 0.164. The second-order valence-electron chi connectivity index (χ2n) is 6.05. The van der Waals surface area contributed by atoms with Gasteiger partial charge in [0.2, 0.25) is 0 Å². The minimum Gasteiger partial charge on any atom is -0.505 e. The number of benzene rings is 2. The number of rotatable bonds is 11. The minimum absolute atomic E-state index is 0.173. The molecule has 6 heteroatoms. The molecule has 0 fully saturated rings. The van der Waals surface area contributed by atoms with Crippen LogP contribution >= 0.6 is 0 Å². The van der Waals surface area contributed by atoms with Crippen LogP contribution in [0.25, 0.3) is 5.76 Å². The zero-order valence-electron chi connectivity index (χ0n) is 15.4. The summed E-state index contributed by atoms with van der Waals surface area (Å²) in [5.41, 5.74) is 0.790. The molecule has 0 spiro atoms. The molecule has 0 aromatic heterocycles. The highest BCUT2D eigenvalue weighted by Crippen LogP contribution is 2.22. The number of hydrogen-bond donors (Lipinski definition) is 0. The molecule has 0 atom stereocenters. The van der Waals surface area contributed by atoms with E-state index in [0.717, 1.165) is 25.3 Å². The monoisotopic (exact) mass is 372 g/mol. The van der Waals surface area contributed by atoms with Gasteiger partial charge in [0.05, 0.1) is 6.61 Å². The highest BCUT2D eigenvalue weighted by atomic mass is 19.2. The Morgan fingerprint density at radius 1 is 0.963 bits per heavy atom. The van der Waals surface area contributed by atoms with Crippen molar-refractivity contribution in [2.75, 3.05) is 6.61 Å². The summed E-state index contributed by atoms with van der Waals surface area (Å²) in [6.45, 7) is 2.76. The Hall–Kier alpha value is -2.63. The van der Waals surface area contributed by atoms with Crippen molar-refractivity contribution in [3.8, 4) is 5.75 Å². The Morgan fingerprint density at radius 3 is 2.30 bits per heavy atom. The second-order valence-corrected chi connectivity index (χ2v) is 6.05. The van der Waals surface area contributed by atoms with E-state index < -0.39 is 13.3 Å². The fourth-order valence-electron chi connectivity index (χ4n) is 2.52. The van der Waals surface area contributed by atoms with Crippen molar-refractivity contribution in [1.82, 2.24) is 0 Å². The maximum atomic E-state index is 12.8. The summed E-state index contributed by atoms with van der Waals surface area (Å²) in [6.07, 6.45) is 5.51. The van der Waals surface area contributed by atoms with Crippen LogP contribution in [0.1, 0.15) is 48.5 Å². The molecule has 0 bridgehead atoms. The third kappa shape index (κ3) is 7.25. The van der Waals surface area contributed by atoms with Crippen LogP contribution in [0.4, 0.5) is 8.63 Å². The third-order valence-corrected chi connectivity index (χ3v) is 3.94. The first-order valence-electron chi connectivity index (χ1n) is 9.09. The van der Waals surface area contributed by atoms with Gasteiger partial charge in [0.25, 0.3) is 0 Å². The molecule has 0 saturated carbocycles. The van der Waals surface area contributed by atoms with Gasteiger partial charge in [-0.1, -0.05) is 56.5 Å². The molecule has 2 rings (SSSR count). The Morgan fingerprint density at radius 2 is 1.67 bits per heavy atom. The lowest BCUT2D eigenvalue weighted by Gasteiger charge is -2.10. The van der Waals surface area contributed by atoms with E-state index in [9.17, 15) is 13.4 Å². The zero-order valence-corrected chi connectivity index (χ0v) is 15.4. The van der Waals surface area contributed by atoms with E-state index in [1.54, 1.807) is 54.6 Å². The van der Waals surface area contributed by atoms with Crippen molar-refractivity contribution in [2.24, 2.45) is 0 Å². The molecule has 3 nitrogen and oxygen atoms in total. The molecule has 2 aromatic carbocycles. The van der Waals surface area contributed by atoms with Gasteiger partial charge < -0.3 is 9.39 Å². The van der Waals surface area contributed by atoms with Gasteiger partial charge in [0.15, 0.2) is 5.78 Å². The Bertz CT molecular complexity index is 731.